The molecule has 3 aromatic rings. The number of hydrogen-bond acceptors (Lipinski definition) is 5. The van der Waals surface area contributed by atoms with Crippen LogP contribution in [0.2, 0.25) is 0 Å². The van der Waals surface area contributed by atoms with Gasteiger partial charge in [0.15, 0.2) is 5.82 Å². The molecule has 0 radical (unpaired) electrons. The van der Waals surface area contributed by atoms with Crippen LogP contribution in [-0.2, 0) is 11.3 Å². The quantitative estimate of drug-likeness (QED) is 0.376. The van der Waals surface area contributed by atoms with Crippen molar-refractivity contribution in [1.29, 1.82) is 5.26 Å². The van der Waals surface area contributed by atoms with Crippen LogP contribution in [0.25, 0.3) is 11.4 Å². The van der Waals surface area contributed by atoms with Gasteiger partial charge in [-0.1, -0.05) is 44.2 Å². The number of amides is 1. The van der Waals surface area contributed by atoms with Crippen molar-refractivity contribution in [1.82, 2.24) is 19.8 Å². The number of benzene rings is 2. The number of carbonyl (C=O) groups is 1. The summed E-state index contributed by atoms with van der Waals surface area (Å²) >= 11 is 0. The Morgan fingerprint density at radius 2 is 1.73 bits per heavy atom. The Labute approximate surface area is 233 Å². The molecule has 1 fully saturated rings. The first-order valence-corrected chi connectivity index (χ1v) is 13.7. The minimum absolute atomic E-state index is 0.0243. The molecule has 2 aliphatic heterocycles. The largest absolute Gasteiger partial charge is 0.355 e. The van der Waals surface area contributed by atoms with E-state index in [4.69, 9.17) is 0 Å². The second-order valence-electron chi connectivity index (χ2n) is 10.8. The summed E-state index contributed by atoms with van der Waals surface area (Å²) in [5, 5.41) is 9.26. The summed E-state index contributed by atoms with van der Waals surface area (Å²) in [7, 11) is 0. The summed E-state index contributed by atoms with van der Waals surface area (Å²) in [5.41, 5.74) is 1.85. The highest BCUT2D eigenvalue weighted by atomic mass is 19.1. The lowest BCUT2D eigenvalue weighted by Gasteiger charge is -2.39. The maximum atomic E-state index is 14.9. The van der Waals surface area contributed by atoms with E-state index < -0.39 is 23.7 Å². The Balaban J connectivity index is 1.43. The molecule has 0 spiro atoms. The van der Waals surface area contributed by atoms with Crippen molar-refractivity contribution in [3.05, 3.63) is 83.7 Å². The topological polar surface area (TPSA) is 76.1 Å². The monoisotopic (exact) mass is 543 g/mol. The first kappa shape index (κ1) is 27.5. The van der Waals surface area contributed by atoms with Gasteiger partial charge in [-0.25, -0.2) is 28.1 Å². The van der Waals surface area contributed by atoms with E-state index in [2.05, 4.69) is 34.5 Å². The zero-order valence-corrected chi connectivity index (χ0v) is 23.0. The molecule has 1 aromatic heterocycles. The predicted molar refractivity (Wildman–Crippen MR) is 147 cm³/mol. The van der Waals surface area contributed by atoms with Gasteiger partial charge in [-0.2, -0.15) is 10.2 Å². The minimum atomic E-state index is -0.637. The van der Waals surface area contributed by atoms with Crippen LogP contribution in [0.1, 0.15) is 50.8 Å². The zero-order chi connectivity index (χ0) is 28.4. The van der Waals surface area contributed by atoms with Crippen LogP contribution in [0.5, 0.6) is 0 Å². The number of amidine groups is 1. The molecule has 0 saturated carbocycles. The summed E-state index contributed by atoms with van der Waals surface area (Å²) in [6, 6.07) is 14.4. The summed E-state index contributed by atoms with van der Waals surface area (Å²) in [6.07, 6.45) is 3.85. The molecule has 0 bridgehead atoms. The Hall–Kier alpha value is -4.03. The number of carbonyl (C=O) groups excluding carboxylic acids is 1. The molecule has 2 aliphatic rings. The van der Waals surface area contributed by atoms with Gasteiger partial charge in [-0.3, -0.25) is 4.90 Å². The van der Waals surface area contributed by atoms with Gasteiger partial charge < -0.3 is 0 Å². The fraction of sp³-hybridized carbons (Fsp3) is 0.387. The third kappa shape index (κ3) is 5.24. The summed E-state index contributed by atoms with van der Waals surface area (Å²) in [5.74, 6) is 0.418. The summed E-state index contributed by atoms with van der Waals surface area (Å²) < 4.78 is 32.0. The fourth-order valence-electron chi connectivity index (χ4n) is 6.09. The molecule has 0 aliphatic carbocycles. The number of nitrogens with zero attached hydrogens (tertiary/aromatic N) is 6. The number of piperazine rings is 1. The van der Waals surface area contributed by atoms with Crippen LogP contribution in [-0.4, -0.2) is 61.3 Å². The van der Waals surface area contributed by atoms with Crippen LogP contribution in [0.3, 0.4) is 0 Å². The SMILES string of the molecule is CC(C)C1=[N+]2C(C)CN(C(CCC#N)c3c(F)cccc3F)CC2C(=O)N1Cc1ccc(-c2ncccn2)cc1. The van der Waals surface area contributed by atoms with Gasteiger partial charge in [-0.15, -0.1) is 0 Å². The van der Waals surface area contributed by atoms with Crippen molar-refractivity contribution in [2.75, 3.05) is 13.1 Å². The van der Waals surface area contributed by atoms with Gasteiger partial charge in [0.2, 0.25) is 6.04 Å². The normalized spacial score (nSPS) is 20.1. The van der Waals surface area contributed by atoms with E-state index in [-0.39, 0.29) is 36.3 Å². The van der Waals surface area contributed by atoms with Gasteiger partial charge >= 0.3 is 5.91 Å². The molecule has 1 saturated heterocycles. The molecule has 3 heterocycles. The summed E-state index contributed by atoms with van der Waals surface area (Å²) in [6.45, 7) is 7.47. The number of hydrogen-bond donors (Lipinski definition) is 0. The van der Waals surface area contributed by atoms with Gasteiger partial charge in [0.05, 0.1) is 18.5 Å². The number of aromatic nitrogens is 2. The highest BCUT2D eigenvalue weighted by Gasteiger charge is 2.53. The molecule has 2 aromatic carbocycles. The maximum absolute atomic E-state index is 14.9. The molecule has 1 amide bonds. The first-order valence-electron chi connectivity index (χ1n) is 13.7. The van der Waals surface area contributed by atoms with Gasteiger partial charge in [0.1, 0.15) is 24.2 Å². The van der Waals surface area contributed by atoms with E-state index >= 15 is 0 Å². The Morgan fingerprint density at radius 1 is 1.05 bits per heavy atom. The molecule has 3 unspecified atom stereocenters. The van der Waals surface area contributed by atoms with Crippen molar-refractivity contribution in [3.63, 3.8) is 0 Å². The van der Waals surface area contributed by atoms with Crippen molar-refractivity contribution in [2.45, 2.75) is 58.3 Å². The zero-order valence-electron chi connectivity index (χ0n) is 23.0. The lowest BCUT2D eigenvalue weighted by molar-refractivity contribution is -0.595. The maximum Gasteiger partial charge on any atom is 0.355 e. The number of rotatable bonds is 8. The van der Waals surface area contributed by atoms with E-state index in [0.717, 1.165) is 17.0 Å². The lowest BCUT2D eigenvalue weighted by atomic mass is 9.96. The van der Waals surface area contributed by atoms with Crippen LogP contribution >= 0.6 is 0 Å². The first-order chi connectivity index (χ1) is 19.3. The van der Waals surface area contributed by atoms with Crippen LogP contribution < -0.4 is 0 Å². The fourth-order valence-corrected chi connectivity index (χ4v) is 6.09. The van der Waals surface area contributed by atoms with Gasteiger partial charge in [0, 0.05) is 42.5 Å². The molecular formula is C31H33F2N6O+. The Bertz CT molecular complexity index is 1430. The van der Waals surface area contributed by atoms with E-state index in [9.17, 15) is 18.8 Å². The van der Waals surface area contributed by atoms with E-state index in [1.165, 1.54) is 18.2 Å². The highest BCUT2D eigenvalue weighted by molar-refractivity contribution is 6.02. The Morgan fingerprint density at radius 3 is 2.35 bits per heavy atom. The average Bonchev–Trinajstić information content (AvgIpc) is 3.23. The van der Waals surface area contributed by atoms with Crippen LogP contribution in [0.15, 0.2) is 60.9 Å². The molecule has 7 nitrogen and oxygen atoms in total. The smallest absolute Gasteiger partial charge is 0.287 e. The van der Waals surface area contributed by atoms with E-state index in [1.54, 1.807) is 18.5 Å². The molecule has 0 N–H and O–H groups in total. The summed E-state index contributed by atoms with van der Waals surface area (Å²) in [4.78, 5) is 26.4. The number of fused-ring (bicyclic) bond motifs is 1. The number of halogens is 2. The molecule has 5 rings (SSSR count). The van der Waals surface area contributed by atoms with Crippen LogP contribution in [0.4, 0.5) is 8.78 Å². The van der Waals surface area contributed by atoms with Crippen molar-refractivity contribution >= 4 is 11.7 Å². The third-order valence-electron chi connectivity index (χ3n) is 7.75. The molecule has 3 atom stereocenters. The second-order valence-corrected chi connectivity index (χ2v) is 10.8. The van der Waals surface area contributed by atoms with Crippen LogP contribution in [0, 0.1) is 28.9 Å². The standard InChI is InChI=1S/C31H33F2N6O/c1-20(2)30-38(18-22-10-12-23(13-11-22)29-35-15-6-16-36-29)31(40)27-19-37(17-21(3)39(27)30)26(9-5-14-34)28-24(32)7-4-8-25(28)33/h4,6-8,10-13,15-16,20-21,26-27H,5,9,17-19H2,1-3H3/q+1. The minimum Gasteiger partial charge on any atom is -0.287 e. The average molecular weight is 544 g/mol. The number of nitriles is 1. The lowest BCUT2D eigenvalue weighted by Crippen LogP contribution is -2.55. The van der Waals surface area contributed by atoms with E-state index in [0.29, 0.717) is 25.5 Å². The Kier molecular flexibility index (Phi) is 7.99. The van der Waals surface area contributed by atoms with Gasteiger partial charge in [-0.05, 0) is 37.1 Å². The van der Waals surface area contributed by atoms with Crippen molar-refractivity contribution < 1.29 is 18.2 Å². The second kappa shape index (κ2) is 11.6. The molecule has 206 valence electrons. The molecule has 40 heavy (non-hydrogen) atoms. The van der Waals surface area contributed by atoms with Crippen molar-refractivity contribution in [3.8, 4) is 17.5 Å². The molecular weight excluding hydrogens is 510 g/mol. The van der Waals surface area contributed by atoms with Crippen molar-refractivity contribution in [2.24, 2.45) is 5.92 Å². The molecule has 9 heteroatoms. The van der Waals surface area contributed by atoms with E-state index in [1.807, 2.05) is 41.0 Å². The highest BCUT2D eigenvalue weighted by Crippen LogP contribution is 2.34. The van der Waals surface area contributed by atoms with Gasteiger partial charge in [0.25, 0.3) is 5.84 Å². The predicted octanol–water partition coefficient (Wildman–Crippen LogP) is 4.95. The third-order valence-corrected chi connectivity index (χ3v) is 7.75.